The minimum atomic E-state index is -0.375. The molecule has 6 heteroatoms. The van der Waals surface area contributed by atoms with Gasteiger partial charge in [0.1, 0.15) is 11.6 Å². The Hall–Kier alpha value is -3.33. The number of carbonyl (C=O) groups excluding carboxylic acids is 1. The van der Waals surface area contributed by atoms with Crippen LogP contribution < -0.4 is 5.32 Å². The maximum absolute atomic E-state index is 12.5. The van der Waals surface area contributed by atoms with Gasteiger partial charge in [-0.1, -0.05) is 48.0 Å². The number of fused-ring (bicyclic) bond motifs is 1. The highest BCUT2D eigenvalue weighted by Gasteiger charge is 2.13. The van der Waals surface area contributed by atoms with Gasteiger partial charge in [-0.2, -0.15) is 5.26 Å². The Morgan fingerprint density at radius 1 is 1.13 bits per heavy atom. The zero-order valence-electron chi connectivity index (χ0n) is 16.0. The molecule has 4 rings (SSSR count). The Morgan fingerprint density at radius 3 is 2.67 bits per heavy atom. The summed E-state index contributed by atoms with van der Waals surface area (Å²) in [4.78, 5) is 13.6. The monoisotopic (exact) mass is 431 g/mol. The number of benzene rings is 2. The second kappa shape index (κ2) is 9.00. The van der Waals surface area contributed by atoms with Gasteiger partial charge in [0.2, 0.25) is 0 Å². The summed E-state index contributed by atoms with van der Waals surface area (Å²) in [7, 11) is 0. The number of hydrogen-bond donors (Lipinski definition) is 1. The largest absolute Gasteiger partial charge is 0.347 e. The SMILES string of the molecule is N#C/C(=C\c1cn(Cc2ccc(Cl)cc2)c2ccccc12)C(=O)NCc1cccs1. The molecule has 0 aliphatic rings. The van der Waals surface area contributed by atoms with Crippen molar-refractivity contribution in [2.24, 2.45) is 0 Å². The third-order valence-electron chi connectivity index (χ3n) is 4.75. The number of thiophene rings is 1. The molecule has 0 saturated heterocycles. The van der Waals surface area contributed by atoms with Crippen molar-refractivity contribution < 1.29 is 4.79 Å². The molecule has 1 N–H and O–H groups in total. The molecule has 2 aromatic carbocycles. The van der Waals surface area contributed by atoms with E-state index in [0.717, 1.165) is 26.9 Å². The lowest BCUT2D eigenvalue weighted by atomic mass is 10.1. The maximum Gasteiger partial charge on any atom is 0.262 e. The number of halogens is 1. The molecule has 0 fully saturated rings. The Bertz CT molecular complexity index is 1250. The molecule has 2 aromatic heterocycles. The summed E-state index contributed by atoms with van der Waals surface area (Å²) in [6.07, 6.45) is 3.63. The number of nitriles is 1. The van der Waals surface area contributed by atoms with E-state index in [-0.39, 0.29) is 11.5 Å². The van der Waals surface area contributed by atoms with Gasteiger partial charge in [0, 0.05) is 39.1 Å². The molecule has 0 aliphatic carbocycles. The summed E-state index contributed by atoms with van der Waals surface area (Å²) in [5.41, 5.74) is 3.07. The Balaban J connectivity index is 1.63. The number of para-hydroxylation sites is 1. The van der Waals surface area contributed by atoms with Gasteiger partial charge >= 0.3 is 0 Å². The first kappa shape index (κ1) is 20.0. The first-order valence-electron chi connectivity index (χ1n) is 9.39. The standard InChI is InChI=1S/C24H18ClN3OS/c25-20-9-7-17(8-10-20)15-28-16-19(22-5-1-2-6-23(22)28)12-18(13-26)24(29)27-14-21-4-3-11-30-21/h1-12,16H,14-15H2,(H,27,29)/b18-12+. The van der Waals surface area contributed by atoms with Gasteiger partial charge in [-0.05, 0) is 41.3 Å². The van der Waals surface area contributed by atoms with Crippen LogP contribution >= 0.6 is 22.9 Å². The molecule has 0 aliphatic heterocycles. The van der Waals surface area contributed by atoms with Crippen LogP contribution in [0, 0.1) is 11.3 Å². The Labute approximate surface area is 183 Å². The lowest BCUT2D eigenvalue weighted by Gasteiger charge is -2.05. The minimum absolute atomic E-state index is 0.0842. The van der Waals surface area contributed by atoms with Gasteiger partial charge in [-0.15, -0.1) is 11.3 Å². The van der Waals surface area contributed by atoms with Crippen LogP contribution in [0.1, 0.15) is 16.0 Å². The van der Waals surface area contributed by atoms with E-state index in [1.807, 2.05) is 78.3 Å². The van der Waals surface area contributed by atoms with Crippen LogP contribution in [0.25, 0.3) is 17.0 Å². The summed E-state index contributed by atoms with van der Waals surface area (Å²) in [5.74, 6) is -0.375. The fourth-order valence-electron chi connectivity index (χ4n) is 3.29. The van der Waals surface area contributed by atoms with Gasteiger partial charge < -0.3 is 9.88 Å². The number of aromatic nitrogens is 1. The number of nitrogens with one attached hydrogen (secondary N) is 1. The quantitative estimate of drug-likeness (QED) is 0.318. The van der Waals surface area contributed by atoms with Gasteiger partial charge in [-0.25, -0.2) is 0 Å². The molecule has 0 unspecified atom stereocenters. The topological polar surface area (TPSA) is 57.8 Å². The smallest absolute Gasteiger partial charge is 0.262 e. The molecule has 4 nitrogen and oxygen atoms in total. The Morgan fingerprint density at radius 2 is 1.93 bits per heavy atom. The molecule has 0 atom stereocenters. The van der Waals surface area contributed by atoms with Gasteiger partial charge in [0.25, 0.3) is 5.91 Å². The molecular weight excluding hydrogens is 414 g/mol. The van der Waals surface area contributed by atoms with E-state index < -0.39 is 0 Å². The molecule has 0 radical (unpaired) electrons. The highest BCUT2D eigenvalue weighted by Crippen LogP contribution is 2.25. The highest BCUT2D eigenvalue weighted by atomic mass is 35.5. The lowest BCUT2D eigenvalue weighted by Crippen LogP contribution is -2.23. The second-order valence-electron chi connectivity index (χ2n) is 6.79. The van der Waals surface area contributed by atoms with Crippen molar-refractivity contribution in [1.82, 2.24) is 9.88 Å². The van der Waals surface area contributed by atoms with E-state index in [4.69, 9.17) is 11.6 Å². The van der Waals surface area contributed by atoms with E-state index in [1.165, 1.54) is 0 Å². The Kier molecular flexibility index (Phi) is 5.99. The summed E-state index contributed by atoms with van der Waals surface area (Å²) in [5, 5.41) is 16.0. The molecule has 1 amide bonds. The van der Waals surface area contributed by atoms with E-state index in [0.29, 0.717) is 18.1 Å². The fraction of sp³-hybridized carbons (Fsp3) is 0.0833. The van der Waals surface area contributed by atoms with Crippen LogP contribution in [0.4, 0.5) is 0 Å². The zero-order valence-corrected chi connectivity index (χ0v) is 17.6. The van der Waals surface area contributed by atoms with Crippen LogP contribution in [0.15, 0.2) is 77.8 Å². The van der Waals surface area contributed by atoms with Crippen molar-refractivity contribution in [1.29, 1.82) is 5.26 Å². The molecule has 30 heavy (non-hydrogen) atoms. The molecule has 0 saturated carbocycles. The van der Waals surface area contributed by atoms with Crippen molar-refractivity contribution in [2.45, 2.75) is 13.1 Å². The molecule has 0 bridgehead atoms. The number of carbonyl (C=O) groups is 1. The average molecular weight is 432 g/mol. The molecule has 4 aromatic rings. The molecule has 148 valence electrons. The summed E-state index contributed by atoms with van der Waals surface area (Å²) < 4.78 is 2.11. The number of hydrogen-bond acceptors (Lipinski definition) is 3. The van der Waals surface area contributed by atoms with Gasteiger partial charge in [0.15, 0.2) is 0 Å². The van der Waals surface area contributed by atoms with Crippen molar-refractivity contribution in [2.75, 3.05) is 0 Å². The lowest BCUT2D eigenvalue weighted by molar-refractivity contribution is -0.117. The molecule has 2 heterocycles. The van der Waals surface area contributed by atoms with Crippen LogP contribution in [-0.2, 0) is 17.9 Å². The minimum Gasteiger partial charge on any atom is -0.347 e. The van der Waals surface area contributed by atoms with Crippen molar-refractivity contribution >= 4 is 45.8 Å². The first-order valence-corrected chi connectivity index (χ1v) is 10.6. The van der Waals surface area contributed by atoms with Crippen molar-refractivity contribution in [3.8, 4) is 6.07 Å². The van der Waals surface area contributed by atoms with E-state index in [9.17, 15) is 10.1 Å². The average Bonchev–Trinajstić information content (AvgIpc) is 3.40. The third kappa shape index (κ3) is 4.46. The number of nitrogens with zero attached hydrogens (tertiary/aromatic N) is 2. The van der Waals surface area contributed by atoms with Crippen molar-refractivity contribution in [3.63, 3.8) is 0 Å². The van der Waals surface area contributed by atoms with E-state index >= 15 is 0 Å². The number of amides is 1. The predicted octanol–water partition coefficient (Wildman–Crippen LogP) is 5.63. The second-order valence-corrected chi connectivity index (χ2v) is 8.26. The number of rotatable bonds is 6. The zero-order chi connectivity index (χ0) is 20.9. The normalized spacial score (nSPS) is 11.4. The van der Waals surface area contributed by atoms with Crippen LogP contribution in [-0.4, -0.2) is 10.5 Å². The first-order chi connectivity index (χ1) is 14.6. The molecule has 0 spiro atoms. The summed E-state index contributed by atoms with van der Waals surface area (Å²) in [6.45, 7) is 1.08. The van der Waals surface area contributed by atoms with Crippen LogP contribution in [0.5, 0.6) is 0 Å². The molecular formula is C24H18ClN3OS. The third-order valence-corrected chi connectivity index (χ3v) is 5.88. The van der Waals surface area contributed by atoms with Gasteiger partial charge in [0.05, 0.1) is 6.54 Å². The van der Waals surface area contributed by atoms with Crippen molar-refractivity contribution in [3.05, 3.63) is 98.8 Å². The van der Waals surface area contributed by atoms with Crippen LogP contribution in [0.3, 0.4) is 0 Å². The summed E-state index contributed by atoms with van der Waals surface area (Å²) in [6, 6.07) is 21.6. The van der Waals surface area contributed by atoms with E-state index in [1.54, 1.807) is 17.4 Å². The summed E-state index contributed by atoms with van der Waals surface area (Å²) >= 11 is 7.56. The van der Waals surface area contributed by atoms with E-state index in [2.05, 4.69) is 9.88 Å². The van der Waals surface area contributed by atoms with Crippen LogP contribution in [0.2, 0.25) is 5.02 Å². The maximum atomic E-state index is 12.5. The fourth-order valence-corrected chi connectivity index (χ4v) is 4.06. The predicted molar refractivity (Wildman–Crippen MR) is 122 cm³/mol. The highest BCUT2D eigenvalue weighted by molar-refractivity contribution is 7.09. The van der Waals surface area contributed by atoms with Gasteiger partial charge in [-0.3, -0.25) is 4.79 Å².